The largest absolute Gasteiger partial charge is 0.394 e. The summed E-state index contributed by atoms with van der Waals surface area (Å²) in [4.78, 5) is 22.1. The minimum absolute atomic E-state index is 0.0843. The number of carbonyl (C=O) groups excluding carboxylic acids is 1. The second-order valence-corrected chi connectivity index (χ2v) is 10.2. The Hall–Kier alpha value is -2.34. The van der Waals surface area contributed by atoms with E-state index >= 15 is 0 Å². The van der Waals surface area contributed by atoms with Crippen LogP contribution in [0.3, 0.4) is 0 Å². The van der Waals surface area contributed by atoms with Crippen molar-refractivity contribution >= 4 is 11.6 Å². The zero-order chi connectivity index (χ0) is 24.7. The number of rotatable bonds is 7. The molecule has 3 aliphatic rings. The maximum Gasteiger partial charge on any atom is 0.270 e. The van der Waals surface area contributed by atoms with Gasteiger partial charge in [0.1, 0.15) is 5.70 Å². The van der Waals surface area contributed by atoms with Gasteiger partial charge in [0.25, 0.3) is 5.91 Å². The third kappa shape index (κ3) is 6.62. The lowest BCUT2D eigenvalue weighted by Gasteiger charge is -2.36. The average Bonchev–Trinajstić information content (AvgIpc) is 3.30. The number of nitrogens with two attached hydrogens (primary N) is 1. The first-order valence-electron chi connectivity index (χ1n) is 13.0. The molecular weight excluding hydrogens is 424 g/mol. The number of piperidine rings is 2. The molecule has 1 saturated carbocycles. The number of likely N-dealkylation sites (tertiary alicyclic amines) is 2. The summed E-state index contributed by atoms with van der Waals surface area (Å²) in [6.07, 6.45) is 11.2. The van der Waals surface area contributed by atoms with E-state index in [9.17, 15) is 9.90 Å². The van der Waals surface area contributed by atoms with Crippen LogP contribution in [0.1, 0.15) is 72.1 Å². The highest BCUT2D eigenvalue weighted by atomic mass is 16.3. The molecule has 0 atom stereocenters. The van der Waals surface area contributed by atoms with Gasteiger partial charge in [-0.1, -0.05) is 18.2 Å². The van der Waals surface area contributed by atoms with E-state index in [1.807, 2.05) is 6.08 Å². The molecule has 6 heteroatoms. The van der Waals surface area contributed by atoms with Crippen molar-refractivity contribution in [3.8, 4) is 0 Å². The molecule has 3 fully saturated rings. The normalized spacial score (nSPS) is 23.4. The zero-order valence-electron chi connectivity index (χ0n) is 21.5. The monoisotopic (exact) mass is 468 g/mol. The van der Waals surface area contributed by atoms with Gasteiger partial charge in [0.05, 0.1) is 6.10 Å². The zero-order valence-corrected chi connectivity index (χ0v) is 21.5. The molecule has 2 aliphatic heterocycles. The van der Waals surface area contributed by atoms with E-state index in [0.717, 1.165) is 56.6 Å². The molecule has 0 aromatic heterocycles. The topological polar surface area (TPSA) is 82.2 Å². The first-order chi connectivity index (χ1) is 16.3. The van der Waals surface area contributed by atoms with Gasteiger partial charge in [0.15, 0.2) is 0 Å². The molecule has 1 aliphatic carbocycles. The van der Waals surface area contributed by atoms with E-state index in [1.54, 1.807) is 4.90 Å². The van der Waals surface area contributed by atoms with Gasteiger partial charge in [-0.2, -0.15) is 0 Å². The Labute approximate surface area is 206 Å². The van der Waals surface area contributed by atoms with Crippen molar-refractivity contribution in [2.24, 2.45) is 16.6 Å². The highest BCUT2D eigenvalue weighted by Crippen LogP contribution is 2.28. The van der Waals surface area contributed by atoms with Crippen molar-refractivity contribution in [3.05, 3.63) is 46.8 Å². The number of nitrogens with zero attached hydrogens (tertiary/aromatic N) is 3. The average molecular weight is 469 g/mol. The number of amides is 1. The number of allylic oxidation sites excluding steroid dienone is 5. The summed E-state index contributed by atoms with van der Waals surface area (Å²) < 4.78 is 0. The second kappa shape index (κ2) is 12.4. The Morgan fingerprint density at radius 2 is 1.74 bits per heavy atom. The number of hydrogen-bond donors (Lipinski definition) is 2. The maximum absolute atomic E-state index is 12.9. The third-order valence-corrected chi connectivity index (χ3v) is 7.70. The van der Waals surface area contributed by atoms with E-state index < -0.39 is 0 Å². The van der Waals surface area contributed by atoms with Crippen LogP contribution in [0, 0.1) is 5.92 Å². The van der Waals surface area contributed by atoms with E-state index in [1.165, 1.54) is 29.7 Å². The molecule has 1 amide bonds. The quantitative estimate of drug-likeness (QED) is 0.430. The lowest BCUT2D eigenvalue weighted by molar-refractivity contribution is -0.129. The first kappa shape index (κ1) is 26.3. The van der Waals surface area contributed by atoms with Crippen LogP contribution in [-0.2, 0) is 4.79 Å². The molecule has 3 rings (SSSR count). The summed E-state index contributed by atoms with van der Waals surface area (Å²) in [5.41, 5.74) is 12.7. The molecule has 0 aromatic rings. The highest BCUT2D eigenvalue weighted by Gasteiger charge is 2.27. The molecule has 34 heavy (non-hydrogen) atoms. The van der Waals surface area contributed by atoms with Crippen molar-refractivity contribution < 1.29 is 9.90 Å². The van der Waals surface area contributed by atoms with Gasteiger partial charge < -0.3 is 20.6 Å². The lowest BCUT2D eigenvalue weighted by Crippen LogP contribution is -2.42. The fourth-order valence-electron chi connectivity index (χ4n) is 5.24. The summed E-state index contributed by atoms with van der Waals surface area (Å²) in [5, 5.41) is 9.71. The molecule has 3 N–H and O–H groups in total. The summed E-state index contributed by atoms with van der Waals surface area (Å²) >= 11 is 0. The van der Waals surface area contributed by atoms with Crippen LogP contribution in [0.5, 0.6) is 0 Å². The molecule has 188 valence electrons. The summed E-state index contributed by atoms with van der Waals surface area (Å²) in [5.74, 6) is 0.601. The Morgan fingerprint density at radius 1 is 1.09 bits per heavy atom. The van der Waals surface area contributed by atoms with Crippen molar-refractivity contribution in [1.82, 2.24) is 9.80 Å². The Morgan fingerprint density at radius 3 is 2.35 bits per heavy atom. The van der Waals surface area contributed by atoms with Crippen LogP contribution in [-0.4, -0.2) is 65.4 Å². The van der Waals surface area contributed by atoms with Crippen LogP contribution in [0.2, 0.25) is 0 Å². The van der Waals surface area contributed by atoms with E-state index in [0.29, 0.717) is 37.5 Å². The van der Waals surface area contributed by atoms with Gasteiger partial charge in [-0.3, -0.25) is 9.79 Å². The molecular formula is C28H44N4O2. The molecule has 6 nitrogen and oxygen atoms in total. The second-order valence-electron chi connectivity index (χ2n) is 10.2. The van der Waals surface area contributed by atoms with Gasteiger partial charge in [-0.15, -0.1) is 0 Å². The highest BCUT2D eigenvalue weighted by molar-refractivity contribution is 6.09. The van der Waals surface area contributed by atoms with Crippen LogP contribution < -0.4 is 5.73 Å². The number of aliphatic hydroxyl groups is 1. The molecule has 0 radical (unpaired) electrons. The number of aliphatic hydroxyl groups excluding tert-OH is 1. The summed E-state index contributed by atoms with van der Waals surface area (Å²) in [6.45, 7) is 14.5. The Balaban J connectivity index is 1.54. The number of carbonyl (C=O) groups is 1. The standard InChI is InChI=1S/C28H44N4O2/c1-5-7-26(21(4)20(2)3)31-16-11-22(12-17-31)10-15-30-25-9-6-8-24(25)27(29)28(34)32-18-13-23(33)14-19-32/h5,7,22-23,33H,1,6,8-19,29H2,2-4H3/b26-7+,27-24-,30-25?. The summed E-state index contributed by atoms with van der Waals surface area (Å²) in [7, 11) is 0. The smallest absolute Gasteiger partial charge is 0.270 e. The van der Waals surface area contributed by atoms with E-state index in [-0.39, 0.29) is 12.0 Å². The fourth-order valence-corrected chi connectivity index (χ4v) is 5.24. The number of aliphatic imine (C=N–C) groups is 1. The molecule has 2 heterocycles. The van der Waals surface area contributed by atoms with Gasteiger partial charge in [0.2, 0.25) is 0 Å². The van der Waals surface area contributed by atoms with Crippen molar-refractivity contribution in [3.63, 3.8) is 0 Å². The SMILES string of the molecule is C=C/C=C(\C(C)=C(C)C)N1CCC(CCN=C2CCC/C2=C(/N)C(=O)N2CCC(O)CC2)CC1. The molecule has 0 unspecified atom stereocenters. The lowest BCUT2D eigenvalue weighted by atomic mass is 9.92. The predicted molar refractivity (Wildman–Crippen MR) is 140 cm³/mol. The summed E-state index contributed by atoms with van der Waals surface area (Å²) in [6, 6.07) is 0. The fraction of sp³-hybridized carbons (Fsp3) is 0.643. The van der Waals surface area contributed by atoms with E-state index in [4.69, 9.17) is 10.7 Å². The molecule has 0 spiro atoms. The van der Waals surface area contributed by atoms with Gasteiger partial charge in [0, 0.05) is 49.7 Å². The molecule has 0 aromatic carbocycles. The van der Waals surface area contributed by atoms with Crippen LogP contribution in [0.15, 0.2) is 51.8 Å². The third-order valence-electron chi connectivity index (χ3n) is 7.70. The molecule has 2 saturated heterocycles. The maximum atomic E-state index is 12.9. The predicted octanol–water partition coefficient (Wildman–Crippen LogP) is 4.34. The Bertz CT molecular complexity index is 863. The van der Waals surface area contributed by atoms with Gasteiger partial charge >= 0.3 is 0 Å². The van der Waals surface area contributed by atoms with Crippen molar-refractivity contribution in [2.45, 2.75) is 78.2 Å². The Kier molecular flexibility index (Phi) is 9.57. The van der Waals surface area contributed by atoms with Crippen LogP contribution in [0.4, 0.5) is 0 Å². The van der Waals surface area contributed by atoms with Gasteiger partial charge in [-0.25, -0.2) is 0 Å². The van der Waals surface area contributed by atoms with Gasteiger partial charge in [-0.05, 0) is 89.7 Å². The first-order valence-corrected chi connectivity index (χ1v) is 13.0. The van der Waals surface area contributed by atoms with E-state index in [2.05, 4.69) is 38.3 Å². The minimum Gasteiger partial charge on any atom is -0.394 e. The minimum atomic E-state index is -0.297. The van der Waals surface area contributed by atoms with Crippen LogP contribution in [0.25, 0.3) is 0 Å². The van der Waals surface area contributed by atoms with Crippen molar-refractivity contribution in [2.75, 3.05) is 32.7 Å². The van der Waals surface area contributed by atoms with Crippen molar-refractivity contribution in [1.29, 1.82) is 0 Å². The van der Waals surface area contributed by atoms with Crippen LogP contribution >= 0.6 is 0 Å². The number of hydrogen-bond acceptors (Lipinski definition) is 5. The molecule has 0 bridgehead atoms.